The van der Waals surface area contributed by atoms with Gasteiger partial charge in [0.05, 0.1) is 5.52 Å². The van der Waals surface area contributed by atoms with Crippen LogP contribution in [0, 0.1) is 0 Å². The molecule has 5 heteroatoms. The van der Waals surface area contributed by atoms with Gasteiger partial charge in [-0.2, -0.15) is 0 Å². The molecular weight excluding hydrogens is 671 g/mol. The van der Waals surface area contributed by atoms with Crippen LogP contribution >= 0.6 is 0 Å². The second kappa shape index (κ2) is 14.0. The van der Waals surface area contributed by atoms with Gasteiger partial charge in [-0.1, -0.05) is 146 Å². The van der Waals surface area contributed by atoms with Gasteiger partial charge < -0.3 is 4.57 Å². The molecular formula is C50H35N5. The molecule has 3 aromatic heterocycles. The van der Waals surface area contributed by atoms with Crippen molar-refractivity contribution < 1.29 is 0 Å². The Bertz CT molecular complexity index is 2820. The summed E-state index contributed by atoms with van der Waals surface area (Å²) in [4.78, 5) is 19.8. The fourth-order valence-electron chi connectivity index (χ4n) is 7.68. The van der Waals surface area contributed by atoms with E-state index < -0.39 is 0 Å². The minimum atomic E-state index is 0.622. The minimum absolute atomic E-state index is 0.622. The first-order chi connectivity index (χ1) is 27.2. The van der Waals surface area contributed by atoms with Crippen molar-refractivity contribution in [1.29, 1.82) is 0 Å². The Labute approximate surface area is 320 Å². The highest BCUT2D eigenvalue weighted by molar-refractivity contribution is 5.94. The lowest BCUT2D eigenvalue weighted by Crippen LogP contribution is -2.05. The molecule has 0 aliphatic heterocycles. The average Bonchev–Trinajstić information content (AvgIpc) is 3.61. The van der Waals surface area contributed by atoms with Crippen molar-refractivity contribution in [2.24, 2.45) is 0 Å². The Balaban J connectivity index is 1.17. The van der Waals surface area contributed by atoms with Crippen LogP contribution < -0.4 is 0 Å². The molecule has 0 fully saturated rings. The Kier molecular flexibility index (Phi) is 8.23. The Hall–Kier alpha value is -7.24. The van der Waals surface area contributed by atoms with Gasteiger partial charge in [-0.15, -0.1) is 0 Å². The van der Waals surface area contributed by atoms with Crippen LogP contribution in [0.15, 0.2) is 182 Å². The summed E-state index contributed by atoms with van der Waals surface area (Å²) in [6.07, 6.45) is 10.3. The number of nitrogens with zero attached hydrogens (tertiary/aromatic N) is 5. The molecule has 0 radical (unpaired) electrons. The summed E-state index contributed by atoms with van der Waals surface area (Å²) in [6, 6.07) is 57.3. The molecule has 55 heavy (non-hydrogen) atoms. The number of hydrogen-bond donors (Lipinski definition) is 0. The van der Waals surface area contributed by atoms with Crippen LogP contribution in [0.1, 0.15) is 17.7 Å². The van der Waals surface area contributed by atoms with E-state index in [2.05, 4.69) is 155 Å². The van der Waals surface area contributed by atoms with E-state index >= 15 is 0 Å². The third-order valence-corrected chi connectivity index (χ3v) is 10.4. The SMILES string of the molecule is C1=Cc2c(n(-c3cc(-c4ccc(-c5cccnc5)cc4)cc(-c4nc(-c5ccccc5)nc(-c5ccc(-c6ccccc6)cc5)n4)c3)c3ccccc23)CC1. The normalized spacial score (nSPS) is 12.1. The first kappa shape index (κ1) is 32.4. The highest BCUT2D eigenvalue weighted by atomic mass is 15.0. The minimum Gasteiger partial charge on any atom is -0.313 e. The van der Waals surface area contributed by atoms with Gasteiger partial charge in [-0.25, -0.2) is 15.0 Å². The van der Waals surface area contributed by atoms with Crippen molar-refractivity contribution in [2.45, 2.75) is 12.8 Å². The lowest BCUT2D eigenvalue weighted by molar-refractivity contribution is 0.888. The van der Waals surface area contributed by atoms with Gasteiger partial charge in [-0.3, -0.25) is 4.98 Å². The topological polar surface area (TPSA) is 56.5 Å². The maximum Gasteiger partial charge on any atom is 0.164 e. The summed E-state index contributed by atoms with van der Waals surface area (Å²) in [5, 5.41) is 1.26. The van der Waals surface area contributed by atoms with Crippen LogP contribution in [0.3, 0.4) is 0 Å². The quantitative estimate of drug-likeness (QED) is 0.166. The van der Waals surface area contributed by atoms with Crippen LogP contribution in [0.4, 0.5) is 0 Å². The molecule has 0 bridgehead atoms. The number of rotatable bonds is 7. The molecule has 0 amide bonds. The first-order valence-electron chi connectivity index (χ1n) is 18.7. The molecule has 0 N–H and O–H groups in total. The molecule has 0 unspecified atom stereocenters. The fraction of sp³-hybridized carbons (Fsp3) is 0.0400. The van der Waals surface area contributed by atoms with Crippen molar-refractivity contribution in [3.05, 3.63) is 194 Å². The Morgan fingerprint density at radius 2 is 0.964 bits per heavy atom. The molecule has 6 aromatic carbocycles. The van der Waals surface area contributed by atoms with Crippen molar-refractivity contribution in [1.82, 2.24) is 24.5 Å². The van der Waals surface area contributed by atoms with Crippen molar-refractivity contribution >= 4 is 17.0 Å². The second-order valence-electron chi connectivity index (χ2n) is 13.9. The molecule has 0 spiro atoms. The predicted octanol–water partition coefficient (Wildman–Crippen LogP) is 12.2. The molecule has 1 aliphatic carbocycles. The van der Waals surface area contributed by atoms with Gasteiger partial charge in [0.15, 0.2) is 17.5 Å². The van der Waals surface area contributed by atoms with Crippen LogP contribution in [0.5, 0.6) is 0 Å². The smallest absolute Gasteiger partial charge is 0.164 e. The molecule has 1 aliphatic rings. The molecule has 9 aromatic rings. The molecule has 0 saturated carbocycles. The number of para-hydroxylation sites is 1. The van der Waals surface area contributed by atoms with Crippen LogP contribution in [-0.2, 0) is 6.42 Å². The second-order valence-corrected chi connectivity index (χ2v) is 13.9. The monoisotopic (exact) mass is 705 g/mol. The number of allylic oxidation sites excluding steroid dienone is 1. The maximum absolute atomic E-state index is 5.21. The van der Waals surface area contributed by atoms with E-state index in [1.54, 1.807) is 6.20 Å². The predicted molar refractivity (Wildman–Crippen MR) is 224 cm³/mol. The van der Waals surface area contributed by atoms with Gasteiger partial charge in [0, 0.05) is 51.4 Å². The molecule has 3 heterocycles. The average molecular weight is 706 g/mol. The molecule has 0 atom stereocenters. The van der Waals surface area contributed by atoms with Crippen LogP contribution in [0.25, 0.3) is 90.2 Å². The lowest BCUT2D eigenvalue weighted by Gasteiger charge is -2.17. The number of fused-ring (bicyclic) bond motifs is 3. The zero-order valence-electron chi connectivity index (χ0n) is 30.0. The zero-order chi connectivity index (χ0) is 36.6. The Morgan fingerprint density at radius 1 is 0.436 bits per heavy atom. The van der Waals surface area contributed by atoms with Gasteiger partial charge in [-0.05, 0) is 76.6 Å². The molecule has 0 saturated heterocycles. The third-order valence-electron chi connectivity index (χ3n) is 10.4. The van der Waals surface area contributed by atoms with Gasteiger partial charge in [0.25, 0.3) is 0 Å². The van der Waals surface area contributed by atoms with Gasteiger partial charge >= 0.3 is 0 Å². The van der Waals surface area contributed by atoms with Crippen molar-refractivity contribution in [3.8, 4) is 73.2 Å². The standard InChI is InChI=1S/C50H35N5/c1-3-12-34(13-4-1)35-25-27-39(28-26-35)49-52-48(38-14-5-2-6-15-38)53-50(54-49)42-30-41(37-23-21-36(22-24-37)40-16-11-29-51-33-40)31-43(32-42)55-46-19-9-7-17-44(46)45-18-8-10-20-47(45)55/h1-9,11-19,21-33H,10,20H2. The largest absolute Gasteiger partial charge is 0.313 e. The number of benzene rings is 6. The number of pyridine rings is 1. The Morgan fingerprint density at radius 3 is 1.65 bits per heavy atom. The van der Waals surface area contributed by atoms with Crippen molar-refractivity contribution in [3.63, 3.8) is 0 Å². The summed E-state index contributed by atoms with van der Waals surface area (Å²) in [5.41, 5.74) is 14.4. The van der Waals surface area contributed by atoms with E-state index in [4.69, 9.17) is 15.0 Å². The van der Waals surface area contributed by atoms with Crippen molar-refractivity contribution in [2.75, 3.05) is 0 Å². The van der Waals surface area contributed by atoms with E-state index in [0.717, 1.165) is 63.0 Å². The first-order valence-corrected chi connectivity index (χ1v) is 18.7. The number of hydrogen-bond acceptors (Lipinski definition) is 4. The van der Waals surface area contributed by atoms with E-state index in [1.165, 1.54) is 27.7 Å². The van der Waals surface area contributed by atoms with Crippen LogP contribution in [0.2, 0.25) is 0 Å². The van der Waals surface area contributed by atoms with E-state index in [0.29, 0.717) is 17.5 Å². The van der Waals surface area contributed by atoms with E-state index in [1.807, 2.05) is 36.5 Å². The summed E-state index contributed by atoms with van der Waals surface area (Å²) >= 11 is 0. The zero-order valence-corrected chi connectivity index (χ0v) is 30.0. The van der Waals surface area contributed by atoms with E-state index in [-0.39, 0.29) is 0 Å². The highest BCUT2D eigenvalue weighted by Gasteiger charge is 2.21. The fourth-order valence-corrected chi connectivity index (χ4v) is 7.68. The van der Waals surface area contributed by atoms with Gasteiger partial charge in [0.1, 0.15) is 0 Å². The van der Waals surface area contributed by atoms with Crippen LogP contribution in [-0.4, -0.2) is 24.5 Å². The summed E-state index contributed by atoms with van der Waals surface area (Å²) in [5.74, 6) is 1.89. The van der Waals surface area contributed by atoms with Gasteiger partial charge in [0.2, 0.25) is 0 Å². The van der Waals surface area contributed by atoms with E-state index in [9.17, 15) is 0 Å². The highest BCUT2D eigenvalue weighted by Crippen LogP contribution is 2.38. The number of aromatic nitrogens is 5. The maximum atomic E-state index is 5.21. The summed E-state index contributed by atoms with van der Waals surface area (Å²) < 4.78 is 2.44. The summed E-state index contributed by atoms with van der Waals surface area (Å²) in [6.45, 7) is 0. The third kappa shape index (κ3) is 6.22. The molecule has 5 nitrogen and oxygen atoms in total. The molecule has 260 valence electrons. The summed E-state index contributed by atoms with van der Waals surface area (Å²) in [7, 11) is 0. The lowest BCUT2D eigenvalue weighted by atomic mass is 9.98. The molecule has 10 rings (SSSR count).